The fourth-order valence-electron chi connectivity index (χ4n) is 2.37. The summed E-state index contributed by atoms with van der Waals surface area (Å²) in [6, 6.07) is 17.2. The lowest BCUT2D eigenvalue weighted by atomic mass is 10.2. The van der Waals surface area contributed by atoms with E-state index >= 15 is 0 Å². The number of furan rings is 1. The molecule has 0 saturated carbocycles. The van der Waals surface area contributed by atoms with Crippen LogP contribution in [-0.2, 0) is 16.4 Å². The van der Waals surface area contributed by atoms with Crippen molar-refractivity contribution in [1.29, 1.82) is 0 Å². The van der Waals surface area contributed by atoms with Crippen LogP contribution in [0.25, 0.3) is 11.3 Å². The molecule has 134 valence electrons. The molecule has 1 aromatic heterocycles. The summed E-state index contributed by atoms with van der Waals surface area (Å²) < 4.78 is 29.6. The number of carbonyl (C=O) groups is 1. The molecule has 1 amide bonds. The maximum atomic E-state index is 12.2. The van der Waals surface area contributed by atoms with Crippen LogP contribution in [-0.4, -0.2) is 20.6 Å². The molecular weight excluding hydrogens is 418 g/mol. The lowest BCUT2D eigenvalue weighted by Crippen LogP contribution is -2.22. The Hall–Kier alpha value is -2.38. The molecule has 3 rings (SSSR count). The molecule has 2 aromatic carbocycles. The van der Waals surface area contributed by atoms with Crippen molar-refractivity contribution in [3.05, 3.63) is 76.5 Å². The van der Waals surface area contributed by atoms with Gasteiger partial charge in [-0.1, -0.05) is 28.1 Å². The van der Waals surface area contributed by atoms with Crippen LogP contribution in [0.3, 0.4) is 0 Å². The summed E-state index contributed by atoms with van der Waals surface area (Å²) in [7, 11) is -3.28. The smallest absolute Gasteiger partial charge is 0.251 e. The molecule has 0 atom stereocenters. The third-order valence-corrected chi connectivity index (χ3v) is 5.42. The lowest BCUT2D eigenvalue weighted by molar-refractivity contribution is 0.0948. The molecule has 0 spiro atoms. The number of benzene rings is 2. The molecule has 0 aliphatic heterocycles. The van der Waals surface area contributed by atoms with Gasteiger partial charge in [-0.25, -0.2) is 8.42 Å². The molecule has 0 unspecified atom stereocenters. The number of carbonyl (C=O) groups excluding carboxylic acids is 1. The number of amides is 1. The zero-order chi connectivity index (χ0) is 18.7. The minimum Gasteiger partial charge on any atom is -0.459 e. The Kier molecular flexibility index (Phi) is 5.29. The molecule has 7 heteroatoms. The van der Waals surface area contributed by atoms with E-state index in [2.05, 4.69) is 21.2 Å². The number of hydrogen-bond acceptors (Lipinski definition) is 4. The van der Waals surface area contributed by atoms with Gasteiger partial charge in [0.05, 0.1) is 11.4 Å². The molecule has 5 nitrogen and oxygen atoms in total. The van der Waals surface area contributed by atoms with E-state index in [9.17, 15) is 13.2 Å². The maximum absolute atomic E-state index is 12.2. The Morgan fingerprint density at radius 3 is 2.27 bits per heavy atom. The Balaban J connectivity index is 1.64. The first-order chi connectivity index (χ1) is 12.3. The molecule has 0 fully saturated rings. The van der Waals surface area contributed by atoms with Gasteiger partial charge in [-0.2, -0.15) is 0 Å². The number of halogens is 1. The monoisotopic (exact) mass is 433 g/mol. The molecule has 0 radical (unpaired) electrons. The molecule has 0 saturated heterocycles. The van der Waals surface area contributed by atoms with Crippen molar-refractivity contribution in [3.8, 4) is 11.3 Å². The van der Waals surface area contributed by atoms with Crippen molar-refractivity contribution >= 4 is 31.7 Å². The molecule has 26 heavy (non-hydrogen) atoms. The van der Waals surface area contributed by atoms with E-state index in [0.29, 0.717) is 11.3 Å². The Morgan fingerprint density at radius 2 is 1.65 bits per heavy atom. The summed E-state index contributed by atoms with van der Waals surface area (Å²) in [6.45, 7) is 0.239. The first-order valence-corrected chi connectivity index (χ1v) is 10.4. The van der Waals surface area contributed by atoms with E-state index in [0.717, 1.165) is 22.1 Å². The second-order valence-corrected chi connectivity index (χ2v) is 8.68. The summed E-state index contributed by atoms with van der Waals surface area (Å²) in [5.74, 6) is 1.05. The van der Waals surface area contributed by atoms with Gasteiger partial charge in [0.25, 0.3) is 5.91 Å². The zero-order valence-electron chi connectivity index (χ0n) is 13.9. The Labute approximate surface area is 160 Å². The quantitative estimate of drug-likeness (QED) is 0.658. The van der Waals surface area contributed by atoms with Crippen molar-refractivity contribution in [2.75, 3.05) is 6.26 Å². The van der Waals surface area contributed by atoms with Gasteiger partial charge < -0.3 is 9.73 Å². The van der Waals surface area contributed by atoms with Crippen LogP contribution in [0.5, 0.6) is 0 Å². The van der Waals surface area contributed by atoms with Gasteiger partial charge in [0.1, 0.15) is 11.5 Å². The Morgan fingerprint density at radius 1 is 1.00 bits per heavy atom. The molecule has 0 aliphatic rings. The van der Waals surface area contributed by atoms with Crippen molar-refractivity contribution in [1.82, 2.24) is 5.32 Å². The summed E-state index contributed by atoms with van der Waals surface area (Å²) in [4.78, 5) is 12.4. The van der Waals surface area contributed by atoms with Crippen LogP contribution in [0.2, 0.25) is 0 Å². The van der Waals surface area contributed by atoms with Crippen LogP contribution < -0.4 is 5.32 Å². The molecule has 0 aliphatic carbocycles. The first kappa shape index (κ1) is 18.4. The van der Waals surface area contributed by atoms with Crippen molar-refractivity contribution in [3.63, 3.8) is 0 Å². The molecular formula is C19H16BrNO4S. The van der Waals surface area contributed by atoms with Crippen molar-refractivity contribution in [2.24, 2.45) is 0 Å². The van der Waals surface area contributed by atoms with Gasteiger partial charge >= 0.3 is 0 Å². The summed E-state index contributed by atoms with van der Waals surface area (Å²) in [5.41, 5.74) is 1.33. The number of sulfone groups is 1. The lowest BCUT2D eigenvalue weighted by Gasteiger charge is -2.04. The Bertz CT molecular complexity index is 1020. The minimum atomic E-state index is -3.28. The molecule has 1 N–H and O–H groups in total. The first-order valence-electron chi connectivity index (χ1n) is 7.76. The van der Waals surface area contributed by atoms with E-state index in [1.54, 1.807) is 0 Å². The van der Waals surface area contributed by atoms with Crippen molar-refractivity contribution in [2.45, 2.75) is 11.4 Å². The highest BCUT2D eigenvalue weighted by Crippen LogP contribution is 2.24. The topological polar surface area (TPSA) is 76.4 Å². The van der Waals surface area contributed by atoms with E-state index in [-0.39, 0.29) is 17.3 Å². The van der Waals surface area contributed by atoms with Gasteiger partial charge in [-0.3, -0.25) is 4.79 Å². The predicted octanol–water partition coefficient (Wildman–Crippen LogP) is 4.04. The maximum Gasteiger partial charge on any atom is 0.251 e. The van der Waals surface area contributed by atoms with Gasteiger partial charge in [0, 0.05) is 21.9 Å². The van der Waals surface area contributed by atoms with Crippen LogP contribution >= 0.6 is 15.9 Å². The van der Waals surface area contributed by atoms with Crippen LogP contribution in [0.4, 0.5) is 0 Å². The van der Waals surface area contributed by atoms with Gasteiger partial charge in [0.15, 0.2) is 9.84 Å². The summed E-state index contributed by atoms with van der Waals surface area (Å²) >= 11 is 3.39. The highest BCUT2D eigenvalue weighted by molar-refractivity contribution is 9.10. The van der Waals surface area contributed by atoms with Gasteiger partial charge in [-0.15, -0.1) is 0 Å². The highest BCUT2D eigenvalue weighted by atomic mass is 79.9. The van der Waals surface area contributed by atoms with Gasteiger partial charge in [-0.05, 0) is 48.5 Å². The van der Waals surface area contributed by atoms with Crippen LogP contribution in [0.15, 0.2) is 74.4 Å². The fraction of sp³-hybridized carbons (Fsp3) is 0.105. The summed E-state index contributed by atoms with van der Waals surface area (Å²) in [5, 5.41) is 2.76. The van der Waals surface area contributed by atoms with E-state index < -0.39 is 9.84 Å². The molecule has 3 aromatic rings. The van der Waals surface area contributed by atoms with Crippen LogP contribution in [0.1, 0.15) is 16.1 Å². The van der Waals surface area contributed by atoms with Crippen molar-refractivity contribution < 1.29 is 17.6 Å². The molecule has 1 heterocycles. The largest absolute Gasteiger partial charge is 0.459 e. The summed E-state index contributed by atoms with van der Waals surface area (Å²) in [6.07, 6.45) is 1.13. The SMILES string of the molecule is CS(=O)(=O)c1ccc(C(=O)NCc2ccc(-c3ccc(Br)cc3)o2)cc1. The number of hydrogen-bond donors (Lipinski definition) is 1. The predicted molar refractivity (Wildman–Crippen MR) is 103 cm³/mol. The second-order valence-electron chi connectivity index (χ2n) is 5.75. The van der Waals surface area contributed by atoms with Gasteiger partial charge in [0.2, 0.25) is 0 Å². The zero-order valence-corrected chi connectivity index (χ0v) is 16.3. The average Bonchev–Trinajstić information content (AvgIpc) is 3.08. The number of rotatable bonds is 5. The highest BCUT2D eigenvalue weighted by Gasteiger charge is 2.11. The standard InChI is InChI=1S/C19H16BrNO4S/c1-26(23,24)17-9-4-14(5-10-17)19(22)21-12-16-8-11-18(25-16)13-2-6-15(20)7-3-13/h2-11H,12H2,1H3,(H,21,22). The number of nitrogens with one attached hydrogen (secondary N) is 1. The fourth-order valence-corrected chi connectivity index (χ4v) is 3.26. The van der Waals surface area contributed by atoms with E-state index in [1.807, 2.05) is 36.4 Å². The third-order valence-electron chi connectivity index (χ3n) is 3.76. The van der Waals surface area contributed by atoms with E-state index in [1.165, 1.54) is 24.3 Å². The van der Waals surface area contributed by atoms with E-state index in [4.69, 9.17) is 4.42 Å². The average molecular weight is 434 g/mol. The van der Waals surface area contributed by atoms with Crippen LogP contribution in [0, 0.1) is 0 Å². The normalized spacial score (nSPS) is 11.3. The minimum absolute atomic E-state index is 0.180. The molecule has 0 bridgehead atoms. The second kappa shape index (κ2) is 7.47. The third kappa shape index (κ3) is 4.42.